The van der Waals surface area contributed by atoms with Crippen molar-refractivity contribution in [1.29, 1.82) is 0 Å². The molecule has 0 spiro atoms. The number of rotatable bonds is 5. The van der Waals surface area contributed by atoms with Crippen molar-refractivity contribution in [3.8, 4) is 11.5 Å². The molecule has 0 radical (unpaired) electrons. The molecule has 7 nitrogen and oxygen atoms in total. The van der Waals surface area contributed by atoms with Gasteiger partial charge in [-0.3, -0.25) is 4.79 Å². The van der Waals surface area contributed by atoms with Crippen molar-refractivity contribution < 1.29 is 23.8 Å². The lowest BCUT2D eigenvalue weighted by Gasteiger charge is -2.26. The summed E-state index contributed by atoms with van der Waals surface area (Å²) in [5, 5.41) is 3.71. The third-order valence-corrected chi connectivity index (χ3v) is 7.22. The number of hydrogen-bond acceptors (Lipinski definition) is 5. The maximum absolute atomic E-state index is 13.7. The van der Waals surface area contributed by atoms with Crippen molar-refractivity contribution in [3.63, 3.8) is 0 Å². The molecule has 1 heterocycles. The zero-order chi connectivity index (χ0) is 28.3. The fourth-order valence-corrected chi connectivity index (χ4v) is 5.29. The Morgan fingerprint density at radius 1 is 1.10 bits per heavy atom. The van der Waals surface area contributed by atoms with E-state index in [0.29, 0.717) is 39.5 Å². The highest BCUT2D eigenvalue weighted by Gasteiger charge is 2.28. The number of nitrogens with one attached hydrogen (secondary N) is 1. The van der Waals surface area contributed by atoms with Gasteiger partial charge in [0.15, 0.2) is 0 Å². The van der Waals surface area contributed by atoms with E-state index in [-0.39, 0.29) is 12.5 Å². The number of carbonyl (C=O) groups excluding carboxylic acids is 2. The van der Waals surface area contributed by atoms with Gasteiger partial charge in [0, 0.05) is 16.1 Å². The Bertz CT molecular complexity index is 1390. The first-order chi connectivity index (χ1) is 18.5. The molecule has 0 saturated heterocycles. The van der Waals surface area contributed by atoms with Gasteiger partial charge >= 0.3 is 6.09 Å². The predicted molar refractivity (Wildman–Crippen MR) is 155 cm³/mol. The molecule has 1 aliphatic rings. The predicted octanol–water partition coefficient (Wildman–Crippen LogP) is 7.07. The smallest absolute Gasteiger partial charge is 0.410 e. The first kappa shape index (κ1) is 28.8. The summed E-state index contributed by atoms with van der Waals surface area (Å²) in [6, 6.07) is 16.1. The molecule has 0 fully saturated rings. The largest absolute Gasteiger partial charge is 0.497 e. The number of aryl methyl sites for hydroxylation is 1. The fourth-order valence-electron chi connectivity index (χ4n) is 4.43. The van der Waals surface area contributed by atoms with Crippen LogP contribution in [0.4, 0.5) is 4.79 Å². The third kappa shape index (κ3) is 6.86. The standard InChI is InChI=1S/C30H32BrClN2O5/c1-18-14-21(37-5)10-11-22(18)26(23-8-6-7-9-25(23)32)33-28(35)19-15-20-17-34(29(36)39-30(2,3)4)12-13-38-27(20)24(31)16-19/h6-11,14-16,26H,12-13,17H2,1-5H3,(H,33,35). The number of carbonyl (C=O) groups is 2. The topological polar surface area (TPSA) is 77.1 Å². The normalized spacial score (nSPS) is 14.0. The first-order valence-electron chi connectivity index (χ1n) is 12.6. The summed E-state index contributed by atoms with van der Waals surface area (Å²) in [6.07, 6.45) is -0.432. The van der Waals surface area contributed by atoms with Gasteiger partial charge in [-0.15, -0.1) is 0 Å². The van der Waals surface area contributed by atoms with Gasteiger partial charge in [-0.2, -0.15) is 0 Å². The number of benzene rings is 3. The molecule has 1 aliphatic heterocycles. The lowest BCUT2D eigenvalue weighted by atomic mass is 9.94. The Kier molecular flexibility index (Phi) is 8.76. The molecule has 3 aromatic carbocycles. The minimum absolute atomic E-state index is 0.246. The van der Waals surface area contributed by atoms with Gasteiger partial charge in [0.1, 0.15) is 23.7 Å². The van der Waals surface area contributed by atoms with Gasteiger partial charge in [-0.25, -0.2) is 4.79 Å². The quantitative estimate of drug-likeness (QED) is 0.332. The van der Waals surface area contributed by atoms with Crippen LogP contribution >= 0.6 is 27.5 Å². The zero-order valence-corrected chi connectivity index (χ0v) is 25.0. The summed E-state index contributed by atoms with van der Waals surface area (Å²) in [4.78, 5) is 28.1. The monoisotopic (exact) mass is 614 g/mol. The molecule has 206 valence electrons. The van der Waals surface area contributed by atoms with Crippen LogP contribution in [0.1, 0.15) is 59.4 Å². The fraction of sp³-hybridized carbons (Fsp3) is 0.333. The Hall–Kier alpha value is -3.23. The van der Waals surface area contributed by atoms with E-state index in [1.54, 1.807) is 30.2 Å². The lowest BCUT2D eigenvalue weighted by molar-refractivity contribution is 0.0225. The van der Waals surface area contributed by atoms with E-state index in [1.165, 1.54) is 0 Å². The molecular weight excluding hydrogens is 584 g/mol. The van der Waals surface area contributed by atoms with Gasteiger partial charge < -0.3 is 24.4 Å². The van der Waals surface area contributed by atoms with Crippen LogP contribution in [-0.2, 0) is 11.3 Å². The zero-order valence-electron chi connectivity index (χ0n) is 22.6. The van der Waals surface area contributed by atoms with Crippen molar-refractivity contribution in [2.45, 2.75) is 45.9 Å². The number of methoxy groups -OCH3 is 1. The van der Waals surface area contributed by atoms with Crippen molar-refractivity contribution in [3.05, 3.63) is 91.9 Å². The Morgan fingerprint density at radius 2 is 1.85 bits per heavy atom. The maximum atomic E-state index is 13.7. The third-order valence-electron chi connectivity index (χ3n) is 6.28. The van der Waals surface area contributed by atoms with Crippen LogP contribution in [0.3, 0.4) is 0 Å². The van der Waals surface area contributed by atoms with Crippen LogP contribution in [0.2, 0.25) is 5.02 Å². The number of amides is 2. The number of hydrogen-bond donors (Lipinski definition) is 1. The molecule has 0 aromatic heterocycles. The second-order valence-corrected chi connectivity index (χ2v) is 11.6. The minimum Gasteiger partial charge on any atom is -0.497 e. The van der Waals surface area contributed by atoms with Crippen molar-refractivity contribution >= 4 is 39.5 Å². The van der Waals surface area contributed by atoms with Crippen molar-refractivity contribution in [1.82, 2.24) is 10.2 Å². The highest BCUT2D eigenvalue weighted by atomic mass is 79.9. The van der Waals surface area contributed by atoms with Crippen LogP contribution in [-0.4, -0.2) is 42.8 Å². The summed E-state index contributed by atoms with van der Waals surface area (Å²) >= 11 is 10.2. The summed E-state index contributed by atoms with van der Waals surface area (Å²) in [7, 11) is 1.62. The lowest BCUT2D eigenvalue weighted by Crippen LogP contribution is -2.37. The SMILES string of the molecule is COc1ccc(C(NC(=O)c2cc(Br)c3c(c2)CN(C(=O)OC(C)(C)C)CCO3)c2ccccc2Cl)c(C)c1. The van der Waals surface area contributed by atoms with E-state index in [0.717, 1.165) is 22.4 Å². The van der Waals surface area contributed by atoms with Crippen molar-refractivity contribution in [2.24, 2.45) is 0 Å². The molecule has 0 aliphatic carbocycles. The van der Waals surface area contributed by atoms with Crippen LogP contribution in [0, 0.1) is 6.92 Å². The average Bonchev–Trinajstić information content (AvgIpc) is 3.10. The second kappa shape index (κ2) is 11.9. The number of ether oxygens (including phenoxy) is 3. The summed E-state index contributed by atoms with van der Waals surface area (Å²) in [6.45, 7) is 8.36. The van der Waals surface area contributed by atoms with Gasteiger partial charge in [0.2, 0.25) is 0 Å². The van der Waals surface area contributed by atoms with Gasteiger partial charge in [-0.1, -0.05) is 35.9 Å². The van der Waals surface area contributed by atoms with Crippen LogP contribution in [0.15, 0.2) is 59.1 Å². The molecule has 1 unspecified atom stereocenters. The Labute approximate surface area is 242 Å². The number of nitrogens with zero attached hydrogens (tertiary/aromatic N) is 1. The second-order valence-electron chi connectivity index (χ2n) is 10.3. The molecule has 9 heteroatoms. The van der Waals surface area contributed by atoms with E-state index < -0.39 is 17.7 Å². The summed E-state index contributed by atoms with van der Waals surface area (Å²) in [5.41, 5.74) is 3.11. The maximum Gasteiger partial charge on any atom is 0.410 e. The highest BCUT2D eigenvalue weighted by molar-refractivity contribution is 9.10. The van der Waals surface area contributed by atoms with Gasteiger partial charge in [-0.05, 0) is 90.6 Å². The summed E-state index contributed by atoms with van der Waals surface area (Å²) in [5.74, 6) is 1.03. The number of fused-ring (bicyclic) bond motifs is 1. The molecule has 3 aromatic rings. The van der Waals surface area contributed by atoms with Gasteiger partial charge in [0.25, 0.3) is 5.91 Å². The van der Waals surface area contributed by atoms with E-state index in [4.69, 9.17) is 25.8 Å². The van der Waals surface area contributed by atoms with Crippen molar-refractivity contribution in [2.75, 3.05) is 20.3 Å². The summed E-state index contributed by atoms with van der Waals surface area (Å²) < 4.78 is 17.5. The van der Waals surface area contributed by atoms with Crippen LogP contribution in [0.5, 0.6) is 11.5 Å². The molecule has 2 amide bonds. The molecule has 0 saturated carbocycles. The Balaban J connectivity index is 1.67. The van der Waals surface area contributed by atoms with Gasteiger partial charge in [0.05, 0.1) is 30.7 Å². The molecule has 39 heavy (non-hydrogen) atoms. The van der Waals surface area contributed by atoms with E-state index in [1.807, 2.05) is 64.1 Å². The van der Waals surface area contributed by atoms with E-state index in [9.17, 15) is 9.59 Å². The molecular formula is C30H32BrClN2O5. The highest BCUT2D eigenvalue weighted by Crippen LogP contribution is 2.35. The van der Waals surface area contributed by atoms with E-state index >= 15 is 0 Å². The molecule has 4 rings (SSSR count). The number of halogens is 2. The van der Waals surface area contributed by atoms with Crippen LogP contribution < -0.4 is 14.8 Å². The first-order valence-corrected chi connectivity index (χ1v) is 13.8. The van der Waals surface area contributed by atoms with Crippen LogP contribution in [0.25, 0.3) is 0 Å². The molecule has 1 N–H and O–H groups in total. The minimum atomic E-state index is -0.622. The average molecular weight is 616 g/mol. The Morgan fingerprint density at radius 3 is 2.51 bits per heavy atom. The van der Waals surface area contributed by atoms with E-state index in [2.05, 4.69) is 21.2 Å². The molecule has 0 bridgehead atoms. The molecule has 1 atom stereocenters.